The van der Waals surface area contributed by atoms with E-state index < -0.39 is 22.6 Å². The zero-order valence-corrected chi connectivity index (χ0v) is 38.1. The van der Waals surface area contributed by atoms with Crippen LogP contribution in [0.2, 0.25) is 21.4 Å². The Hall–Kier alpha value is -2.55. The monoisotopic (exact) mass is 858 g/mol. The Morgan fingerprint density at radius 3 is 1.39 bits per heavy atom. The predicted molar refractivity (Wildman–Crippen MR) is 224 cm³/mol. The van der Waals surface area contributed by atoms with Crippen molar-refractivity contribution in [1.29, 1.82) is 0 Å². The van der Waals surface area contributed by atoms with Gasteiger partial charge in [0.1, 0.15) is 0 Å². The van der Waals surface area contributed by atoms with Crippen LogP contribution in [0.3, 0.4) is 0 Å². The molecule has 0 saturated heterocycles. The van der Waals surface area contributed by atoms with Gasteiger partial charge in [-0.05, 0) is 0 Å². The molecule has 0 bridgehead atoms. The van der Waals surface area contributed by atoms with Gasteiger partial charge in [-0.25, -0.2) is 0 Å². The first-order valence-electron chi connectivity index (χ1n) is 19.9. The van der Waals surface area contributed by atoms with Crippen LogP contribution in [0.4, 0.5) is 0 Å². The number of rotatable bonds is 5. The molecule has 4 aromatic carbocycles. The van der Waals surface area contributed by atoms with E-state index in [0.717, 1.165) is 5.54 Å². The summed E-state index contributed by atoms with van der Waals surface area (Å²) < 4.78 is 7.01. The molecular formula is C49H62HfSi. The summed E-state index contributed by atoms with van der Waals surface area (Å²) in [5, 5.41) is 0. The predicted octanol–water partition coefficient (Wildman–Crippen LogP) is 14.8. The normalized spacial score (nSPS) is 19.4. The van der Waals surface area contributed by atoms with Gasteiger partial charge in [0, 0.05) is 0 Å². The van der Waals surface area contributed by atoms with Gasteiger partial charge in [0.2, 0.25) is 0 Å². The summed E-state index contributed by atoms with van der Waals surface area (Å²) in [5.41, 5.74) is 18.0. The van der Waals surface area contributed by atoms with E-state index in [1.54, 1.807) is 11.1 Å². The molecule has 266 valence electrons. The molecule has 0 aromatic heterocycles. The third kappa shape index (κ3) is 6.23. The Bertz CT molecular complexity index is 2010. The fourth-order valence-corrected chi connectivity index (χ4v) is 60.7. The molecule has 0 aliphatic heterocycles. The number of hydrogen-bond donors (Lipinski definition) is 0. The van der Waals surface area contributed by atoms with Crippen molar-refractivity contribution in [3.05, 3.63) is 129 Å². The quantitative estimate of drug-likeness (QED) is 0.175. The molecule has 3 aliphatic carbocycles. The summed E-state index contributed by atoms with van der Waals surface area (Å²) >= 11 is -3.97. The number of hydrogen-bond acceptors (Lipinski definition) is 0. The zero-order chi connectivity index (χ0) is 36.5. The van der Waals surface area contributed by atoms with Crippen LogP contribution >= 0.6 is 0 Å². The van der Waals surface area contributed by atoms with E-state index in [-0.39, 0.29) is 10.8 Å². The van der Waals surface area contributed by atoms with Crippen molar-refractivity contribution < 1.29 is 17.1 Å². The van der Waals surface area contributed by atoms with Crippen LogP contribution in [0.5, 0.6) is 0 Å². The van der Waals surface area contributed by atoms with E-state index in [0.29, 0.717) is 7.35 Å². The van der Waals surface area contributed by atoms with Crippen LogP contribution in [0.15, 0.2) is 84.9 Å². The van der Waals surface area contributed by atoms with E-state index in [9.17, 15) is 0 Å². The van der Waals surface area contributed by atoms with Crippen molar-refractivity contribution >= 4 is 17.6 Å². The van der Waals surface area contributed by atoms with Crippen LogP contribution in [0.25, 0.3) is 34.4 Å². The van der Waals surface area contributed by atoms with Gasteiger partial charge in [0.25, 0.3) is 0 Å². The molecule has 2 heteroatoms. The molecule has 0 radical (unpaired) electrons. The molecule has 7 rings (SSSR count). The second-order valence-corrected chi connectivity index (χ2v) is 66.3. The van der Waals surface area contributed by atoms with E-state index in [4.69, 9.17) is 0 Å². The van der Waals surface area contributed by atoms with E-state index in [2.05, 4.69) is 168 Å². The van der Waals surface area contributed by atoms with Crippen LogP contribution in [0, 0.1) is 13.8 Å². The van der Waals surface area contributed by atoms with E-state index in [1.165, 1.54) is 87.7 Å². The molecule has 0 nitrogen and oxygen atoms in total. The molecule has 2 unspecified atom stereocenters. The van der Waals surface area contributed by atoms with Gasteiger partial charge in [-0.1, -0.05) is 0 Å². The SMILES string of the molecule is Cc1cc(C(C)(C)C)ccc1-c1cccc2c1C=C[CH]2[Hf]([CH3])([CH3])([CH]1C=Cc2c(-c3ccc(C(C)(C)C)cc3C)cccc21)=[Si](C)C1CCCCC1. The second kappa shape index (κ2) is 13.1. The summed E-state index contributed by atoms with van der Waals surface area (Å²) in [6.07, 6.45) is 17.7. The molecule has 2 atom stereocenters. The fraction of sp³-hybridized carbons (Fsp3) is 0.429. The molecule has 1 fully saturated rings. The summed E-state index contributed by atoms with van der Waals surface area (Å²) in [7, 11) is 0. The molecule has 0 spiro atoms. The number of aryl methyl sites for hydroxylation is 2. The average Bonchev–Trinajstić information content (AvgIpc) is 3.74. The van der Waals surface area contributed by atoms with Crippen LogP contribution in [-0.2, 0) is 28.0 Å². The average molecular weight is 858 g/mol. The minimum absolute atomic E-state index is 0.149. The molecule has 3 aliphatic rings. The molecule has 0 amide bonds. The molecule has 4 aromatic rings. The fourth-order valence-electron chi connectivity index (χ4n) is 10.4. The van der Waals surface area contributed by atoms with Gasteiger partial charge >= 0.3 is 314 Å². The summed E-state index contributed by atoms with van der Waals surface area (Å²) in [6, 6.07) is 29.0. The van der Waals surface area contributed by atoms with Crippen molar-refractivity contribution in [3.8, 4) is 22.3 Å². The number of allylic oxidation sites excluding steroid dienone is 2. The Labute approximate surface area is 311 Å². The molecule has 0 heterocycles. The topological polar surface area (TPSA) is 0 Å². The van der Waals surface area contributed by atoms with Crippen molar-refractivity contribution in [2.75, 3.05) is 0 Å². The Balaban J connectivity index is 1.39. The third-order valence-electron chi connectivity index (χ3n) is 14.0. The summed E-state index contributed by atoms with van der Waals surface area (Å²) in [4.78, 5) is 0. The minimum atomic E-state index is -3.97. The Morgan fingerprint density at radius 2 is 1.00 bits per heavy atom. The van der Waals surface area contributed by atoms with Gasteiger partial charge in [-0.15, -0.1) is 0 Å². The second-order valence-electron chi connectivity index (χ2n) is 19.5. The van der Waals surface area contributed by atoms with Crippen molar-refractivity contribution in [1.82, 2.24) is 0 Å². The zero-order valence-electron chi connectivity index (χ0n) is 33.5. The first kappa shape index (κ1) is 36.8. The maximum absolute atomic E-state index is 3.97. The van der Waals surface area contributed by atoms with Gasteiger partial charge in [0.05, 0.1) is 0 Å². The van der Waals surface area contributed by atoms with Gasteiger partial charge < -0.3 is 0 Å². The number of benzene rings is 4. The first-order chi connectivity index (χ1) is 24.0. The van der Waals surface area contributed by atoms with Crippen molar-refractivity contribution in [3.63, 3.8) is 0 Å². The Morgan fingerprint density at radius 1 is 0.569 bits per heavy atom. The summed E-state index contributed by atoms with van der Waals surface area (Å²) in [6.45, 7) is 21.4. The summed E-state index contributed by atoms with van der Waals surface area (Å²) in [5.74, 6) is 0. The van der Waals surface area contributed by atoms with Crippen molar-refractivity contribution in [2.24, 2.45) is 0 Å². The standard InChI is InChI=1S/2C20H21.C7H14Si.2CH3.Hf/c2*1-14-13-16(20(2,3)4)11-12-17(14)19-10-6-8-15-7-5-9-18(15)19;1-8-7-5-3-2-4-6-7;;;/h2*5-13H,1-4H3;7H,2-6H2,1H3;2*1H3;. The molecular weight excluding hydrogens is 795 g/mol. The van der Waals surface area contributed by atoms with Gasteiger partial charge in [-0.2, -0.15) is 0 Å². The molecule has 1 saturated carbocycles. The van der Waals surface area contributed by atoms with Crippen LogP contribution in [-0.4, -0.2) is 5.49 Å². The maximum atomic E-state index is 2.94. The van der Waals surface area contributed by atoms with E-state index >= 15 is 0 Å². The van der Waals surface area contributed by atoms with E-state index in [1.807, 2.05) is 0 Å². The first-order valence-corrected chi connectivity index (χ1v) is 38.7. The van der Waals surface area contributed by atoms with Gasteiger partial charge in [0.15, 0.2) is 0 Å². The third-order valence-corrected chi connectivity index (χ3v) is 72.0. The molecule has 51 heavy (non-hydrogen) atoms. The molecule has 0 N–H and O–H groups in total. The number of fused-ring (bicyclic) bond motifs is 2. The Kier molecular flexibility index (Phi) is 9.44. The van der Waals surface area contributed by atoms with Gasteiger partial charge in [-0.3, -0.25) is 0 Å². The van der Waals surface area contributed by atoms with Crippen LogP contribution in [0.1, 0.15) is 126 Å². The van der Waals surface area contributed by atoms with Crippen LogP contribution < -0.4 is 0 Å². The van der Waals surface area contributed by atoms with Crippen molar-refractivity contribution in [2.45, 2.75) is 127 Å².